The van der Waals surface area contributed by atoms with E-state index in [1.165, 1.54) is 27.2 Å². The van der Waals surface area contributed by atoms with E-state index in [2.05, 4.69) is 38.1 Å². The van der Waals surface area contributed by atoms with Gasteiger partial charge in [-0.05, 0) is 55.9 Å². The molecule has 0 radical (unpaired) electrons. The fourth-order valence-corrected chi connectivity index (χ4v) is 5.17. The maximum atomic E-state index is 13.1. The van der Waals surface area contributed by atoms with Crippen molar-refractivity contribution in [2.24, 2.45) is 11.8 Å². The van der Waals surface area contributed by atoms with Crippen LogP contribution in [-0.2, 0) is 22.4 Å². The van der Waals surface area contributed by atoms with Crippen LogP contribution >= 0.6 is 0 Å². The summed E-state index contributed by atoms with van der Waals surface area (Å²) >= 11 is 0. The molecule has 4 unspecified atom stereocenters. The molecule has 0 saturated carbocycles. The Kier molecular flexibility index (Phi) is 3.51. The molecule has 3 aliphatic carbocycles. The van der Waals surface area contributed by atoms with E-state index in [4.69, 9.17) is 0 Å². The van der Waals surface area contributed by atoms with Crippen molar-refractivity contribution in [1.29, 1.82) is 0 Å². The molecule has 1 aromatic rings. The molecule has 1 aliphatic heterocycles. The summed E-state index contributed by atoms with van der Waals surface area (Å²) in [5, 5.41) is 0. The van der Waals surface area contributed by atoms with E-state index in [1.54, 1.807) is 0 Å². The van der Waals surface area contributed by atoms with Crippen LogP contribution in [0.4, 0.5) is 0 Å². The minimum atomic E-state index is -0.458. The zero-order valence-electron chi connectivity index (χ0n) is 15.8. The molecule has 132 valence electrons. The molecule has 1 fully saturated rings. The molecule has 2 amide bonds. The lowest BCUT2D eigenvalue weighted by atomic mass is 9.60. The first kappa shape index (κ1) is 16.6. The van der Waals surface area contributed by atoms with Gasteiger partial charge in [0, 0.05) is 17.4 Å². The molecule has 1 aromatic carbocycles. The van der Waals surface area contributed by atoms with Gasteiger partial charge in [-0.3, -0.25) is 14.5 Å². The van der Waals surface area contributed by atoms with Gasteiger partial charge in [-0.2, -0.15) is 0 Å². The Balaban J connectivity index is 1.87. The molecule has 2 bridgehead atoms. The largest absolute Gasteiger partial charge is 0.277 e. The van der Waals surface area contributed by atoms with Crippen molar-refractivity contribution < 1.29 is 9.59 Å². The van der Waals surface area contributed by atoms with Gasteiger partial charge in [0.15, 0.2) is 0 Å². The number of carbonyl (C=O) groups excluding carboxylic acids is 2. The van der Waals surface area contributed by atoms with Crippen molar-refractivity contribution in [1.82, 2.24) is 4.90 Å². The molecule has 1 saturated heterocycles. The number of hydrogen-bond donors (Lipinski definition) is 0. The van der Waals surface area contributed by atoms with Gasteiger partial charge in [0.2, 0.25) is 11.8 Å². The van der Waals surface area contributed by atoms with E-state index in [0.29, 0.717) is 0 Å². The topological polar surface area (TPSA) is 37.4 Å². The quantitative estimate of drug-likeness (QED) is 0.605. The SMILES string of the molecule is CCc1cc2c(cc1CC)C1C=CC2C2C(=O)N(C(C)(C)C)C(=O)C12. The van der Waals surface area contributed by atoms with Gasteiger partial charge in [-0.25, -0.2) is 0 Å². The Labute approximate surface area is 150 Å². The van der Waals surface area contributed by atoms with E-state index in [-0.39, 0.29) is 35.5 Å². The summed E-state index contributed by atoms with van der Waals surface area (Å²) in [6, 6.07) is 4.62. The van der Waals surface area contributed by atoms with E-state index < -0.39 is 5.54 Å². The van der Waals surface area contributed by atoms with Gasteiger partial charge < -0.3 is 0 Å². The lowest BCUT2D eigenvalue weighted by Crippen LogP contribution is -2.46. The lowest BCUT2D eigenvalue weighted by Gasteiger charge is -2.41. The molecule has 0 N–H and O–H groups in total. The Morgan fingerprint density at radius 2 is 1.24 bits per heavy atom. The number of hydrogen-bond acceptors (Lipinski definition) is 2. The predicted molar refractivity (Wildman–Crippen MR) is 98.4 cm³/mol. The van der Waals surface area contributed by atoms with Crippen molar-refractivity contribution in [3.63, 3.8) is 0 Å². The van der Waals surface area contributed by atoms with Crippen molar-refractivity contribution in [2.75, 3.05) is 0 Å². The Bertz CT molecular complexity index is 740. The first-order chi connectivity index (χ1) is 11.8. The summed E-state index contributed by atoms with van der Waals surface area (Å²) in [7, 11) is 0. The second-order valence-corrected chi connectivity index (χ2v) is 8.63. The highest BCUT2D eigenvalue weighted by atomic mass is 16.2. The second kappa shape index (κ2) is 5.30. The van der Waals surface area contributed by atoms with Crippen molar-refractivity contribution in [3.8, 4) is 0 Å². The van der Waals surface area contributed by atoms with Crippen LogP contribution in [0.15, 0.2) is 24.3 Å². The zero-order chi connectivity index (χ0) is 18.1. The standard InChI is InChI=1S/C22H27NO2/c1-6-12-10-16-14-8-9-15(17(16)11-13(12)7-2)19-18(14)20(24)23(21(19)25)22(3,4)5/h8-11,14-15,18-19H,6-7H2,1-5H3. The number of allylic oxidation sites excluding steroid dienone is 2. The number of rotatable bonds is 2. The van der Waals surface area contributed by atoms with Crippen LogP contribution in [0.5, 0.6) is 0 Å². The van der Waals surface area contributed by atoms with Crippen LogP contribution < -0.4 is 0 Å². The highest BCUT2D eigenvalue weighted by Gasteiger charge is 2.60. The van der Waals surface area contributed by atoms with Crippen molar-refractivity contribution in [2.45, 2.75) is 64.8 Å². The fraction of sp³-hybridized carbons (Fsp3) is 0.545. The first-order valence-corrected chi connectivity index (χ1v) is 9.51. The highest BCUT2D eigenvalue weighted by molar-refractivity contribution is 6.07. The number of likely N-dealkylation sites (tertiary alicyclic amines) is 1. The lowest BCUT2D eigenvalue weighted by molar-refractivity contribution is -0.145. The third-order valence-electron chi connectivity index (χ3n) is 6.25. The fourth-order valence-electron chi connectivity index (χ4n) is 5.17. The average Bonchev–Trinajstić information content (AvgIpc) is 2.86. The molecule has 3 heteroatoms. The summed E-state index contributed by atoms with van der Waals surface area (Å²) < 4.78 is 0. The smallest absolute Gasteiger partial charge is 0.234 e. The van der Waals surface area contributed by atoms with Crippen LogP contribution in [0.3, 0.4) is 0 Å². The molecular weight excluding hydrogens is 310 g/mol. The summed E-state index contributed by atoms with van der Waals surface area (Å²) in [6.07, 6.45) is 6.37. The molecule has 0 spiro atoms. The summed E-state index contributed by atoms with van der Waals surface area (Å²) in [6.45, 7) is 10.2. The van der Waals surface area contributed by atoms with Gasteiger partial charge in [-0.1, -0.05) is 38.1 Å². The van der Waals surface area contributed by atoms with Crippen LogP contribution in [0.2, 0.25) is 0 Å². The third-order valence-corrected chi connectivity index (χ3v) is 6.25. The molecule has 0 aromatic heterocycles. The van der Waals surface area contributed by atoms with E-state index >= 15 is 0 Å². The highest BCUT2D eigenvalue weighted by Crippen LogP contribution is 2.56. The van der Waals surface area contributed by atoms with Crippen LogP contribution in [-0.4, -0.2) is 22.3 Å². The van der Waals surface area contributed by atoms with Crippen LogP contribution in [0.25, 0.3) is 0 Å². The van der Waals surface area contributed by atoms with Gasteiger partial charge in [0.1, 0.15) is 0 Å². The monoisotopic (exact) mass is 337 g/mol. The maximum absolute atomic E-state index is 13.1. The van der Waals surface area contributed by atoms with Crippen LogP contribution in [0, 0.1) is 11.8 Å². The van der Waals surface area contributed by atoms with E-state index in [1.807, 2.05) is 20.8 Å². The van der Waals surface area contributed by atoms with Gasteiger partial charge in [0.05, 0.1) is 11.8 Å². The van der Waals surface area contributed by atoms with E-state index in [9.17, 15) is 9.59 Å². The zero-order valence-corrected chi connectivity index (χ0v) is 15.8. The third kappa shape index (κ3) is 2.11. The van der Waals surface area contributed by atoms with Crippen LogP contribution in [0.1, 0.15) is 68.7 Å². The molecule has 5 rings (SSSR count). The normalized spacial score (nSPS) is 30.0. The average molecular weight is 337 g/mol. The number of carbonyl (C=O) groups is 2. The minimum absolute atomic E-state index is 0.0186. The molecule has 1 heterocycles. The molecule has 4 atom stereocenters. The Hall–Kier alpha value is -1.90. The number of imide groups is 1. The summed E-state index contributed by atoms with van der Waals surface area (Å²) in [5.41, 5.74) is 4.85. The first-order valence-electron chi connectivity index (χ1n) is 9.51. The number of nitrogens with zero attached hydrogens (tertiary/aromatic N) is 1. The Morgan fingerprint density at radius 3 is 1.56 bits per heavy atom. The molecule has 4 aliphatic rings. The van der Waals surface area contributed by atoms with Crippen molar-refractivity contribution in [3.05, 3.63) is 46.5 Å². The predicted octanol–water partition coefficient (Wildman–Crippen LogP) is 3.96. The number of aryl methyl sites for hydroxylation is 2. The summed E-state index contributed by atoms with van der Waals surface area (Å²) in [5.74, 6) is -0.303. The molecule has 25 heavy (non-hydrogen) atoms. The maximum Gasteiger partial charge on any atom is 0.234 e. The molecule has 3 nitrogen and oxygen atoms in total. The van der Waals surface area contributed by atoms with Gasteiger partial charge >= 0.3 is 0 Å². The van der Waals surface area contributed by atoms with Gasteiger partial charge in [-0.15, -0.1) is 0 Å². The number of benzene rings is 1. The van der Waals surface area contributed by atoms with Crippen molar-refractivity contribution >= 4 is 11.8 Å². The summed E-state index contributed by atoms with van der Waals surface area (Å²) in [4.78, 5) is 27.8. The number of amides is 2. The van der Waals surface area contributed by atoms with Gasteiger partial charge in [0.25, 0.3) is 0 Å². The molecular formula is C22H27NO2. The second-order valence-electron chi connectivity index (χ2n) is 8.63. The Morgan fingerprint density at radius 1 is 0.840 bits per heavy atom. The minimum Gasteiger partial charge on any atom is -0.277 e. The van der Waals surface area contributed by atoms with E-state index in [0.717, 1.165) is 12.8 Å².